The first-order valence-electron chi connectivity index (χ1n) is 5.58. The van der Waals surface area contributed by atoms with Crippen LogP contribution in [0, 0.1) is 5.41 Å². The van der Waals surface area contributed by atoms with Crippen LogP contribution in [0.4, 0.5) is 11.5 Å². The van der Waals surface area contributed by atoms with E-state index in [0.29, 0.717) is 5.82 Å². The molecule has 1 saturated heterocycles. The number of nitrogens with two attached hydrogens (primary N) is 1. The largest absolute Gasteiger partial charge is 0.391 e. The van der Waals surface area contributed by atoms with Gasteiger partial charge < -0.3 is 15.6 Å². The molecule has 2 heterocycles. The van der Waals surface area contributed by atoms with E-state index >= 15 is 0 Å². The fourth-order valence-corrected chi connectivity index (χ4v) is 2.26. The number of nitrogens with zero attached hydrogens (tertiary/aromatic N) is 2. The van der Waals surface area contributed by atoms with Gasteiger partial charge in [0.1, 0.15) is 5.69 Å². The third-order valence-corrected chi connectivity index (χ3v) is 3.07. The molecule has 0 atom stereocenters. The zero-order chi connectivity index (χ0) is 11.8. The molecular weight excluding hydrogens is 204 g/mol. The minimum Gasteiger partial charge on any atom is -0.391 e. The first kappa shape index (κ1) is 11.0. The van der Waals surface area contributed by atoms with Crippen molar-refractivity contribution >= 4 is 11.5 Å². The molecule has 0 saturated carbocycles. The van der Waals surface area contributed by atoms with Gasteiger partial charge in [-0.3, -0.25) is 4.79 Å². The van der Waals surface area contributed by atoms with Crippen molar-refractivity contribution in [2.24, 2.45) is 5.41 Å². The molecule has 0 unspecified atom stereocenters. The lowest BCUT2D eigenvalue weighted by atomic mass is 9.84. The number of piperidine rings is 1. The zero-order valence-electron chi connectivity index (χ0n) is 9.79. The van der Waals surface area contributed by atoms with E-state index < -0.39 is 0 Å². The van der Waals surface area contributed by atoms with Crippen LogP contribution >= 0.6 is 0 Å². The third kappa shape index (κ3) is 2.03. The summed E-state index contributed by atoms with van der Waals surface area (Å²) in [5, 5.41) is 0. The summed E-state index contributed by atoms with van der Waals surface area (Å²) in [5.74, 6) is 0.622. The predicted octanol–water partition coefficient (Wildman–Crippen LogP) is 0.978. The minimum atomic E-state index is -0.256. The normalized spacial score (nSPS) is 19.8. The third-order valence-electron chi connectivity index (χ3n) is 3.07. The van der Waals surface area contributed by atoms with Gasteiger partial charge in [0, 0.05) is 13.1 Å². The van der Waals surface area contributed by atoms with Gasteiger partial charge in [-0.05, 0) is 18.3 Å². The van der Waals surface area contributed by atoms with Crippen LogP contribution < -0.4 is 16.2 Å². The Balaban J connectivity index is 2.31. The zero-order valence-corrected chi connectivity index (χ0v) is 9.79. The number of rotatable bonds is 1. The molecule has 0 radical (unpaired) electrons. The number of hydrogen-bond donors (Lipinski definition) is 2. The summed E-state index contributed by atoms with van der Waals surface area (Å²) in [7, 11) is 0. The maximum absolute atomic E-state index is 11.4. The second kappa shape index (κ2) is 3.81. The highest BCUT2D eigenvalue weighted by Crippen LogP contribution is 2.31. The summed E-state index contributed by atoms with van der Waals surface area (Å²) >= 11 is 0. The maximum atomic E-state index is 11.4. The summed E-state index contributed by atoms with van der Waals surface area (Å²) < 4.78 is 0. The molecule has 5 heteroatoms. The quantitative estimate of drug-likeness (QED) is 0.742. The Morgan fingerprint density at radius 2 is 2.31 bits per heavy atom. The number of aromatic amines is 1. The van der Waals surface area contributed by atoms with Gasteiger partial charge in [0.05, 0.1) is 6.33 Å². The Morgan fingerprint density at radius 1 is 1.56 bits per heavy atom. The average molecular weight is 222 g/mol. The van der Waals surface area contributed by atoms with Gasteiger partial charge in [-0.15, -0.1) is 0 Å². The van der Waals surface area contributed by atoms with E-state index in [-0.39, 0.29) is 16.7 Å². The van der Waals surface area contributed by atoms with Crippen molar-refractivity contribution in [1.82, 2.24) is 9.97 Å². The molecule has 0 aromatic carbocycles. The van der Waals surface area contributed by atoms with Crippen LogP contribution in [-0.4, -0.2) is 23.1 Å². The van der Waals surface area contributed by atoms with Crippen molar-refractivity contribution in [3.05, 3.63) is 16.7 Å². The fourth-order valence-electron chi connectivity index (χ4n) is 2.26. The Kier molecular flexibility index (Phi) is 2.61. The van der Waals surface area contributed by atoms with E-state index in [1.54, 1.807) is 0 Å². The van der Waals surface area contributed by atoms with E-state index in [1.165, 1.54) is 12.7 Å². The number of nitrogens with one attached hydrogen (secondary N) is 1. The molecule has 1 aromatic rings. The molecule has 3 N–H and O–H groups in total. The topological polar surface area (TPSA) is 75.0 Å². The van der Waals surface area contributed by atoms with Crippen LogP contribution in [0.2, 0.25) is 0 Å². The Morgan fingerprint density at radius 3 is 3.00 bits per heavy atom. The van der Waals surface area contributed by atoms with Crippen LogP contribution in [0.3, 0.4) is 0 Å². The second-order valence-corrected chi connectivity index (χ2v) is 5.16. The Labute approximate surface area is 94.7 Å². The first-order chi connectivity index (χ1) is 7.49. The highest BCUT2D eigenvalue weighted by Gasteiger charge is 2.28. The second-order valence-electron chi connectivity index (χ2n) is 5.16. The van der Waals surface area contributed by atoms with E-state index in [9.17, 15) is 4.79 Å². The van der Waals surface area contributed by atoms with Crippen LogP contribution in [0.25, 0.3) is 0 Å². The van der Waals surface area contributed by atoms with Crippen molar-refractivity contribution in [2.45, 2.75) is 26.7 Å². The summed E-state index contributed by atoms with van der Waals surface area (Å²) in [6, 6.07) is 0. The van der Waals surface area contributed by atoms with Crippen LogP contribution in [0.15, 0.2) is 11.1 Å². The van der Waals surface area contributed by atoms with Crippen LogP contribution in [0.1, 0.15) is 26.7 Å². The summed E-state index contributed by atoms with van der Waals surface area (Å²) in [6.07, 6.45) is 3.73. The molecule has 2 rings (SSSR count). The molecule has 0 amide bonds. The van der Waals surface area contributed by atoms with Gasteiger partial charge in [0.2, 0.25) is 0 Å². The molecule has 0 bridgehead atoms. The number of hydrogen-bond acceptors (Lipinski definition) is 4. The van der Waals surface area contributed by atoms with Crippen molar-refractivity contribution in [1.29, 1.82) is 0 Å². The lowest BCUT2D eigenvalue weighted by Crippen LogP contribution is -2.41. The van der Waals surface area contributed by atoms with Gasteiger partial charge in [-0.25, -0.2) is 4.98 Å². The molecule has 0 aliphatic carbocycles. The molecule has 5 nitrogen and oxygen atoms in total. The van der Waals surface area contributed by atoms with E-state index in [2.05, 4.69) is 28.7 Å². The fraction of sp³-hybridized carbons (Fsp3) is 0.636. The average Bonchev–Trinajstić information content (AvgIpc) is 2.20. The standard InChI is InChI=1S/C11H18N4O/c1-11(2)4-3-5-15(6-11)9-8(12)10(16)14-7-13-9/h7H,3-6,12H2,1-2H3,(H,13,14,16). The molecule has 88 valence electrons. The van der Waals surface area contributed by atoms with Crippen LogP contribution in [0.5, 0.6) is 0 Å². The maximum Gasteiger partial charge on any atom is 0.276 e. The summed E-state index contributed by atoms with van der Waals surface area (Å²) in [4.78, 5) is 20.2. The van der Waals surface area contributed by atoms with Crippen molar-refractivity contribution < 1.29 is 0 Å². The van der Waals surface area contributed by atoms with Crippen molar-refractivity contribution in [3.8, 4) is 0 Å². The first-order valence-corrected chi connectivity index (χ1v) is 5.58. The SMILES string of the molecule is CC1(C)CCCN(c2nc[nH]c(=O)c2N)C1. The van der Waals surface area contributed by atoms with Gasteiger partial charge >= 0.3 is 0 Å². The van der Waals surface area contributed by atoms with Crippen molar-refractivity contribution in [2.75, 3.05) is 23.7 Å². The molecule has 1 fully saturated rings. The number of nitrogen functional groups attached to an aromatic ring is 1. The molecule has 0 spiro atoms. The summed E-state index contributed by atoms with van der Waals surface area (Å²) in [5.41, 5.74) is 5.98. The predicted molar refractivity (Wildman–Crippen MR) is 64.5 cm³/mol. The Bertz CT molecular complexity index is 438. The molecule has 1 aromatic heterocycles. The monoisotopic (exact) mass is 222 g/mol. The van der Waals surface area contributed by atoms with Gasteiger partial charge in [-0.2, -0.15) is 0 Å². The number of aromatic nitrogens is 2. The molecule has 1 aliphatic heterocycles. The highest BCUT2D eigenvalue weighted by atomic mass is 16.1. The molecular formula is C11H18N4O. The lowest BCUT2D eigenvalue weighted by molar-refractivity contribution is 0.292. The van der Waals surface area contributed by atoms with Gasteiger partial charge in [0.25, 0.3) is 5.56 Å². The van der Waals surface area contributed by atoms with E-state index in [4.69, 9.17) is 5.73 Å². The minimum absolute atomic E-state index is 0.222. The van der Waals surface area contributed by atoms with E-state index in [0.717, 1.165) is 19.5 Å². The highest BCUT2D eigenvalue weighted by molar-refractivity contribution is 5.61. The van der Waals surface area contributed by atoms with Crippen LogP contribution in [-0.2, 0) is 0 Å². The number of anilines is 2. The van der Waals surface area contributed by atoms with Gasteiger partial charge in [0.15, 0.2) is 5.82 Å². The smallest absolute Gasteiger partial charge is 0.276 e. The summed E-state index contributed by atoms with van der Waals surface area (Å²) in [6.45, 7) is 6.27. The molecule has 1 aliphatic rings. The van der Waals surface area contributed by atoms with Crippen molar-refractivity contribution in [3.63, 3.8) is 0 Å². The Hall–Kier alpha value is -1.52. The lowest BCUT2D eigenvalue weighted by Gasteiger charge is -2.38. The number of H-pyrrole nitrogens is 1. The molecule has 16 heavy (non-hydrogen) atoms. The van der Waals surface area contributed by atoms with Gasteiger partial charge in [-0.1, -0.05) is 13.8 Å². The van der Waals surface area contributed by atoms with E-state index in [1.807, 2.05) is 0 Å².